The molecule has 1 aromatic heterocycles. The summed E-state index contributed by atoms with van der Waals surface area (Å²) in [6, 6.07) is -0.698. The Labute approximate surface area is 124 Å². The number of rotatable bonds is 5. The monoisotopic (exact) mass is 293 g/mol. The number of imide groups is 1. The highest BCUT2D eigenvalue weighted by Crippen LogP contribution is 2.29. The van der Waals surface area contributed by atoms with Crippen LogP contribution in [0.4, 0.5) is 0 Å². The quantitative estimate of drug-likeness (QED) is 0.742. The van der Waals surface area contributed by atoms with Gasteiger partial charge in [-0.15, -0.1) is 0 Å². The smallest absolute Gasteiger partial charge is 0.243 e. The molecule has 1 saturated heterocycles. The lowest BCUT2D eigenvalue weighted by Gasteiger charge is -2.41. The van der Waals surface area contributed by atoms with Crippen molar-refractivity contribution in [2.75, 3.05) is 6.54 Å². The second-order valence-corrected chi connectivity index (χ2v) is 5.47. The first-order chi connectivity index (χ1) is 9.97. The van der Waals surface area contributed by atoms with Gasteiger partial charge in [-0.1, -0.05) is 13.8 Å². The van der Waals surface area contributed by atoms with Gasteiger partial charge in [0.15, 0.2) is 0 Å². The molecule has 7 heteroatoms. The van der Waals surface area contributed by atoms with Crippen LogP contribution in [0.15, 0.2) is 12.4 Å². The number of nitrogens with zero attached hydrogens (tertiary/aromatic N) is 3. The number of hydrogen-bond donors (Lipinski definition) is 2. The zero-order chi connectivity index (χ0) is 15.6. The standard InChI is InChI=1S/C14H23N5O2/c1-4-10(15)13(9-6-16-18(3)7-9)19-8-12(20)17-14(21)11(19)5-2/h6-7,10-11,13H,4-5,8,15H2,1-3H3,(H,17,20,21). The molecular formula is C14H23N5O2. The molecule has 1 aliphatic rings. The van der Waals surface area contributed by atoms with E-state index in [4.69, 9.17) is 5.73 Å². The van der Waals surface area contributed by atoms with Gasteiger partial charge in [0, 0.05) is 24.8 Å². The van der Waals surface area contributed by atoms with Gasteiger partial charge in [0.2, 0.25) is 11.8 Å². The van der Waals surface area contributed by atoms with Crippen LogP contribution in [-0.4, -0.2) is 45.1 Å². The van der Waals surface area contributed by atoms with E-state index in [1.54, 1.807) is 10.9 Å². The van der Waals surface area contributed by atoms with Gasteiger partial charge in [-0.25, -0.2) is 0 Å². The summed E-state index contributed by atoms with van der Waals surface area (Å²) in [6.07, 6.45) is 5.03. The molecule has 1 fully saturated rings. The maximum atomic E-state index is 12.1. The summed E-state index contributed by atoms with van der Waals surface area (Å²) in [5.41, 5.74) is 7.21. The number of nitrogens with one attached hydrogen (secondary N) is 1. The zero-order valence-electron chi connectivity index (χ0n) is 12.7. The Morgan fingerprint density at radius 1 is 1.48 bits per heavy atom. The Balaban J connectivity index is 2.38. The number of piperazine rings is 1. The number of carbonyl (C=O) groups excluding carboxylic acids is 2. The zero-order valence-corrected chi connectivity index (χ0v) is 12.7. The van der Waals surface area contributed by atoms with Crippen molar-refractivity contribution in [3.63, 3.8) is 0 Å². The number of aromatic nitrogens is 2. The van der Waals surface area contributed by atoms with Crippen LogP contribution in [0, 0.1) is 0 Å². The maximum absolute atomic E-state index is 12.1. The fourth-order valence-electron chi connectivity index (χ4n) is 2.90. The largest absolute Gasteiger partial charge is 0.326 e. The van der Waals surface area contributed by atoms with Crippen molar-refractivity contribution in [2.45, 2.75) is 44.8 Å². The fraction of sp³-hybridized carbons (Fsp3) is 0.643. The molecule has 3 N–H and O–H groups in total. The third kappa shape index (κ3) is 3.14. The van der Waals surface area contributed by atoms with E-state index in [0.29, 0.717) is 6.42 Å². The number of aryl methyl sites for hydroxylation is 1. The van der Waals surface area contributed by atoms with E-state index in [-0.39, 0.29) is 36.5 Å². The summed E-state index contributed by atoms with van der Waals surface area (Å²) in [5, 5.41) is 6.58. The van der Waals surface area contributed by atoms with Gasteiger partial charge in [0.1, 0.15) is 0 Å². The molecule has 0 aliphatic carbocycles. The number of nitrogens with two attached hydrogens (primary N) is 1. The van der Waals surface area contributed by atoms with E-state index in [9.17, 15) is 9.59 Å². The molecule has 116 valence electrons. The fourth-order valence-corrected chi connectivity index (χ4v) is 2.90. The van der Waals surface area contributed by atoms with Crippen molar-refractivity contribution < 1.29 is 9.59 Å². The summed E-state index contributed by atoms with van der Waals surface area (Å²) in [6.45, 7) is 4.11. The van der Waals surface area contributed by atoms with Gasteiger partial charge in [0.05, 0.1) is 24.8 Å². The molecule has 0 radical (unpaired) electrons. The van der Waals surface area contributed by atoms with Gasteiger partial charge in [-0.3, -0.25) is 24.5 Å². The molecule has 0 spiro atoms. The van der Waals surface area contributed by atoms with Crippen LogP contribution < -0.4 is 11.1 Å². The Bertz CT molecular complexity index is 527. The van der Waals surface area contributed by atoms with Crippen molar-refractivity contribution in [1.82, 2.24) is 20.0 Å². The van der Waals surface area contributed by atoms with E-state index in [2.05, 4.69) is 10.4 Å². The molecule has 1 aromatic rings. The minimum atomic E-state index is -0.342. The predicted molar refractivity (Wildman–Crippen MR) is 78.2 cm³/mol. The molecule has 3 atom stereocenters. The summed E-state index contributed by atoms with van der Waals surface area (Å²) in [7, 11) is 1.84. The highest BCUT2D eigenvalue weighted by Gasteiger charge is 2.39. The molecule has 0 aromatic carbocycles. The van der Waals surface area contributed by atoms with Crippen molar-refractivity contribution in [3.8, 4) is 0 Å². The topological polar surface area (TPSA) is 93.2 Å². The molecule has 2 amide bonds. The molecule has 1 aliphatic heterocycles. The summed E-state index contributed by atoms with van der Waals surface area (Å²) in [5.74, 6) is -0.521. The third-order valence-corrected chi connectivity index (χ3v) is 3.98. The molecule has 0 bridgehead atoms. The van der Waals surface area contributed by atoms with Crippen LogP contribution in [0.1, 0.15) is 38.3 Å². The highest BCUT2D eigenvalue weighted by atomic mass is 16.2. The van der Waals surface area contributed by atoms with Crippen molar-refractivity contribution in [2.24, 2.45) is 12.8 Å². The Hall–Kier alpha value is -1.73. The van der Waals surface area contributed by atoms with Crippen molar-refractivity contribution in [3.05, 3.63) is 18.0 Å². The first-order valence-electron chi connectivity index (χ1n) is 7.31. The average Bonchev–Trinajstić information content (AvgIpc) is 2.84. The van der Waals surface area contributed by atoms with E-state index in [0.717, 1.165) is 12.0 Å². The van der Waals surface area contributed by atoms with Crippen LogP contribution in [0.25, 0.3) is 0 Å². The molecule has 2 heterocycles. The van der Waals surface area contributed by atoms with Crippen LogP contribution in [-0.2, 0) is 16.6 Å². The van der Waals surface area contributed by atoms with E-state index in [1.165, 1.54) is 0 Å². The maximum Gasteiger partial charge on any atom is 0.243 e. The molecule has 2 rings (SSSR count). The normalized spacial score (nSPS) is 23.0. The van der Waals surface area contributed by atoms with Crippen LogP contribution >= 0.6 is 0 Å². The Morgan fingerprint density at radius 2 is 2.19 bits per heavy atom. The van der Waals surface area contributed by atoms with E-state index < -0.39 is 0 Å². The second kappa shape index (κ2) is 6.36. The van der Waals surface area contributed by atoms with Gasteiger partial charge in [0.25, 0.3) is 0 Å². The van der Waals surface area contributed by atoms with Crippen molar-refractivity contribution >= 4 is 11.8 Å². The van der Waals surface area contributed by atoms with Gasteiger partial charge < -0.3 is 5.73 Å². The van der Waals surface area contributed by atoms with Crippen LogP contribution in [0.3, 0.4) is 0 Å². The summed E-state index contributed by atoms with van der Waals surface area (Å²) < 4.78 is 1.71. The second-order valence-electron chi connectivity index (χ2n) is 5.47. The molecule has 7 nitrogen and oxygen atoms in total. The minimum Gasteiger partial charge on any atom is -0.326 e. The van der Waals surface area contributed by atoms with Gasteiger partial charge >= 0.3 is 0 Å². The first-order valence-corrected chi connectivity index (χ1v) is 7.31. The molecule has 3 unspecified atom stereocenters. The van der Waals surface area contributed by atoms with E-state index >= 15 is 0 Å². The molecular weight excluding hydrogens is 270 g/mol. The first kappa shape index (κ1) is 15.7. The van der Waals surface area contributed by atoms with Gasteiger partial charge in [-0.2, -0.15) is 5.10 Å². The van der Waals surface area contributed by atoms with Crippen LogP contribution in [0.2, 0.25) is 0 Å². The Morgan fingerprint density at radius 3 is 2.71 bits per heavy atom. The highest BCUT2D eigenvalue weighted by molar-refractivity contribution is 6.01. The van der Waals surface area contributed by atoms with E-state index in [1.807, 2.05) is 32.0 Å². The van der Waals surface area contributed by atoms with Crippen molar-refractivity contribution in [1.29, 1.82) is 0 Å². The predicted octanol–water partition coefficient (Wildman–Crippen LogP) is -0.0645. The summed E-state index contributed by atoms with van der Waals surface area (Å²) >= 11 is 0. The van der Waals surface area contributed by atoms with Crippen LogP contribution in [0.5, 0.6) is 0 Å². The average molecular weight is 293 g/mol. The SMILES string of the molecule is CCC(N)C(c1cnn(C)c1)N1CC(=O)NC(=O)C1CC. The third-order valence-electron chi connectivity index (χ3n) is 3.98. The number of hydrogen-bond acceptors (Lipinski definition) is 5. The lowest BCUT2D eigenvalue weighted by atomic mass is 9.95. The number of amides is 2. The molecule has 0 saturated carbocycles. The Kier molecular flexibility index (Phi) is 4.74. The lowest BCUT2D eigenvalue weighted by Crippen LogP contribution is -2.60. The summed E-state index contributed by atoms with van der Waals surface area (Å²) in [4.78, 5) is 25.7. The number of carbonyl (C=O) groups is 2. The minimum absolute atomic E-state index is 0.165. The lowest BCUT2D eigenvalue weighted by molar-refractivity contribution is -0.142. The van der Waals surface area contributed by atoms with Gasteiger partial charge in [-0.05, 0) is 12.8 Å². The molecule has 21 heavy (non-hydrogen) atoms.